The SMILES string of the molecule is C[C@H]1N(c2nc(OC[C@@]34CCCN3C[C@H](F)C4)nc3c(F)c(-c4ccc(F)c5sc(N)c(C#N)c45)c(Cl)cc23)CC[C@@]12CCN2C(=O)n1cnc(C(F)F)n1. The first-order valence-electron chi connectivity index (χ1n) is 17.8. The summed E-state index contributed by atoms with van der Waals surface area (Å²) < 4.78 is 80.5. The number of nitrogens with zero attached hydrogens (tertiary/aromatic N) is 9. The number of amides is 1. The number of nitrogen functional groups attached to an aromatic ring is 1. The second-order valence-corrected chi connectivity index (χ2v) is 16.1. The van der Waals surface area contributed by atoms with Crippen molar-refractivity contribution in [3.8, 4) is 23.2 Å². The first-order valence-corrected chi connectivity index (χ1v) is 19.0. The van der Waals surface area contributed by atoms with Crippen LogP contribution in [0.25, 0.3) is 32.1 Å². The lowest BCUT2D eigenvalue weighted by Crippen LogP contribution is -2.67. The predicted octanol–water partition coefficient (Wildman–Crippen LogP) is 7.09. The van der Waals surface area contributed by atoms with Crippen molar-refractivity contribution in [1.29, 1.82) is 5.26 Å². The van der Waals surface area contributed by atoms with Gasteiger partial charge in [0.05, 0.1) is 32.4 Å². The van der Waals surface area contributed by atoms with Crippen molar-refractivity contribution in [2.24, 2.45) is 0 Å². The summed E-state index contributed by atoms with van der Waals surface area (Å²) in [6.07, 6.45) is -0.0487. The number of benzene rings is 2. The highest BCUT2D eigenvalue weighted by Gasteiger charge is 2.57. The van der Waals surface area contributed by atoms with Crippen molar-refractivity contribution < 1.29 is 31.5 Å². The summed E-state index contributed by atoms with van der Waals surface area (Å²) in [7, 11) is 0. The number of carbonyl (C=O) groups excluding carboxylic acids is 1. The molecule has 0 saturated carbocycles. The number of thiophene rings is 1. The van der Waals surface area contributed by atoms with Gasteiger partial charge in [-0.2, -0.15) is 19.9 Å². The van der Waals surface area contributed by atoms with E-state index in [0.717, 1.165) is 41.4 Å². The first-order chi connectivity index (χ1) is 26.4. The molecule has 7 heterocycles. The van der Waals surface area contributed by atoms with Gasteiger partial charge in [0, 0.05) is 42.4 Å². The monoisotopic (exact) mass is 798 g/mol. The first kappa shape index (κ1) is 35.8. The van der Waals surface area contributed by atoms with Crippen molar-refractivity contribution in [3.05, 3.63) is 52.6 Å². The number of aromatic nitrogens is 5. The molecule has 2 aromatic carbocycles. The van der Waals surface area contributed by atoms with Crippen LogP contribution in [0.1, 0.15) is 56.8 Å². The molecule has 3 aromatic heterocycles. The highest BCUT2D eigenvalue weighted by molar-refractivity contribution is 7.23. The fraction of sp³-hybridized carbons (Fsp3) is 0.444. The molecule has 286 valence electrons. The largest absolute Gasteiger partial charge is 0.461 e. The van der Waals surface area contributed by atoms with Gasteiger partial charge in [0.25, 0.3) is 6.43 Å². The Morgan fingerprint density at radius 1 is 1.20 bits per heavy atom. The quantitative estimate of drug-likeness (QED) is 0.177. The number of ether oxygens (including phenoxy) is 1. The van der Waals surface area contributed by atoms with Crippen molar-refractivity contribution >= 4 is 60.8 Å². The van der Waals surface area contributed by atoms with Crippen molar-refractivity contribution in [1.82, 2.24) is 34.5 Å². The third-order valence-electron chi connectivity index (χ3n) is 12.0. The van der Waals surface area contributed by atoms with Gasteiger partial charge in [0.2, 0.25) is 5.82 Å². The molecular weight excluding hydrogens is 767 g/mol. The van der Waals surface area contributed by atoms with E-state index in [1.807, 2.05) is 17.9 Å². The third kappa shape index (κ3) is 5.33. The summed E-state index contributed by atoms with van der Waals surface area (Å²) in [5, 5.41) is 14.0. The lowest BCUT2D eigenvalue weighted by atomic mass is 9.79. The normalized spacial score (nSPS) is 25.1. The molecule has 0 bridgehead atoms. The van der Waals surface area contributed by atoms with Gasteiger partial charge < -0.3 is 20.3 Å². The van der Waals surface area contributed by atoms with Gasteiger partial charge in [-0.05, 0) is 56.8 Å². The number of anilines is 2. The van der Waals surface area contributed by atoms with Gasteiger partial charge in [-0.1, -0.05) is 17.7 Å². The highest BCUT2D eigenvalue weighted by atomic mass is 35.5. The van der Waals surface area contributed by atoms with E-state index in [1.54, 1.807) is 4.90 Å². The maximum Gasteiger partial charge on any atom is 0.346 e. The van der Waals surface area contributed by atoms with Gasteiger partial charge >= 0.3 is 12.0 Å². The fourth-order valence-electron chi connectivity index (χ4n) is 9.23. The zero-order valence-electron chi connectivity index (χ0n) is 29.2. The van der Waals surface area contributed by atoms with Crippen LogP contribution >= 0.6 is 22.9 Å². The molecule has 12 nitrogen and oxygen atoms in total. The minimum Gasteiger partial charge on any atom is -0.461 e. The summed E-state index contributed by atoms with van der Waals surface area (Å²) in [5.41, 5.74) is 4.63. The minimum atomic E-state index is -2.94. The molecule has 4 aliphatic rings. The predicted molar refractivity (Wildman–Crippen MR) is 194 cm³/mol. The summed E-state index contributed by atoms with van der Waals surface area (Å²) >= 11 is 7.77. The van der Waals surface area contributed by atoms with E-state index < -0.39 is 53.2 Å². The van der Waals surface area contributed by atoms with Crippen LogP contribution in [0.4, 0.5) is 37.6 Å². The van der Waals surface area contributed by atoms with Crippen LogP contribution in [0.3, 0.4) is 0 Å². The van der Waals surface area contributed by atoms with Crippen LogP contribution in [0.2, 0.25) is 5.02 Å². The molecule has 0 unspecified atom stereocenters. The molecule has 4 saturated heterocycles. The standard InChI is InChI=1S/C36H32ClF5N10O2S/c1-17-36(7-10-51(36)34(53)52-16-45-31(48-52)29(41)42)6-9-50(17)32-20-11-22(37)25(19-3-4-23(39)28-24(19)21(13-43)30(44)55-28)26(40)27(20)46-33(47-32)54-15-35-5-2-8-49(35)14-18(38)12-35/h3-4,11,16-18,29H,2,5-10,12,14-15,44H2,1H3/t17-,18-,35+,36-/m1/s1. The van der Waals surface area contributed by atoms with Crippen molar-refractivity contribution in [2.75, 3.05) is 43.4 Å². The van der Waals surface area contributed by atoms with Crippen LogP contribution in [0.15, 0.2) is 24.5 Å². The van der Waals surface area contributed by atoms with E-state index in [2.05, 4.69) is 20.0 Å². The van der Waals surface area contributed by atoms with Crippen LogP contribution in [0, 0.1) is 23.0 Å². The molecule has 9 rings (SSSR count). The molecule has 1 spiro atoms. The number of fused-ring (bicyclic) bond motifs is 3. The zero-order chi connectivity index (χ0) is 38.6. The maximum absolute atomic E-state index is 17.2. The minimum absolute atomic E-state index is 0.00678. The number of hydrogen-bond donors (Lipinski definition) is 1. The summed E-state index contributed by atoms with van der Waals surface area (Å²) in [4.78, 5) is 32.0. The number of carbonyl (C=O) groups is 1. The molecule has 0 aliphatic carbocycles. The molecule has 4 fully saturated rings. The second-order valence-electron chi connectivity index (χ2n) is 14.6. The van der Waals surface area contributed by atoms with Gasteiger partial charge in [0.15, 0.2) is 5.82 Å². The molecule has 1 amide bonds. The number of halogens is 6. The Hall–Kier alpha value is -4.86. The van der Waals surface area contributed by atoms with Crippen LogP contribution in [-0.2, 0) is 0 Å². The third-order valence-corrected chi connectivity index (χ3v) is 13.3. The van der Waals surface area contributed by atoms with E-state index in [-0.39, 0.29) is 72.6 Å². The molecule has 19 heteroatoms. The molecule has 4 atom stereocenters. The van der Waals surface area contributed by atoms with Crippen molar-refractivity contribution in [3.63, 3.8) is 0 Å². The van der Waals surface area contributed by atoms with Gasteiger partial charge in [-0.25, -0.2) is 31.7 Å². The number of nitriles is 1. The fourth-order valence-corrected chi connectivity index (χ4v) is 10.5. The summed E-state index contributed by atoms with van der Waals surface area (Å²) in [5.74, 6) is -1.98. The Balaban J connectivity index is 1.15. The van der Waals surface area contributed by atoms with E-state index in [0.29, 0.717) is 38.9 Å². The van der Waals surface area contributed by atoms with E-state index in [9.17, 15) is 23.2 Å². The Morgan fingerprint density at radius 3 is 2.73 bits per heavy atom. The lowest BCUT2D eigenvalue weighted by Gasteiger charge is -2.53. The summed E-state index contributed by atoms with van der Waals surface area (Å²) in [6.45, 7) is 3.70. The second kappa shape index (κ2) is 12.8. The number of hydrogen-bond acceptors (Lipinski definition) is 11. The molecule has 0 radical (unpaired) electrons. The smallest absolute Gasteiger partial charge is 0.346 e. The van der Waals surface area contributed by atoms with E-state index in [1.165, 1.54) is 12.1 Å². The molecular formula is C36H32ClF5N10O2S. The number of nitrogens with two attached hydrogens (primary N) is 1. The molecule has 5 aromatic rings. The van der Waals surface area contributed by atoms with Gasteiger partial charge in [-0.15, -0.1) is 16.4 Å². The zero-order valence-corrected chi connectivity index (χ0v) is 30.8. The lowest BCUT2D eigenvalue weighted by molar-refractivity contribution is 0.0197. The summed E-state index contributed by atoms with van der Waals surface area (Å²) in [6, 6.07) is 4.83. The van der Waals surface area contributed by atoms with E-state index >= 15 is 8.78 Å². The number of alkyl halides is 3. The molecule has 2 N–H and O–H groups in total. The number of likely N-dealkylation sites (tertiary alicyclic amines) is 1. The van der Waals surface area contributed by atoms with E-state index in [4.69, 9.17) is 27.1 Å². The van der Waals surface area contributed by atoms with Crippen LogP contribution in [-0.4, -0.2) is 96.6 Å². The Kier molecular flexibility index (Phi) is 8.37. The van der Waals surface area contributed by atoms with Crippen LogP contribution in [0.5, 0.6) is 6.01 Å². The maximum atomic E-state index is 17.2. The van der Waals surface area contributed by atoms with Gasteiger partial charge in [-0.3, -0.25) is 4.90 Å². The topological polar surface area (TPSA) is 142 Å². The average molecular weight is 799 g/mol. The Bertz CT molecular complexity index is 2460. The van der Waals surface area contributed by atoms with Crippen LogP contribution < -0.4 is 15.4 Å². The van der Waals surface area contributed by atoms with Crippen molar-refractivity contribution in [2.45, 2.75) is 68.7 Å². The Morgan fingerprint density at radius 2 is 2.00 bits per heavy atom. The Labute approximate surface area is 319 Å². The average Bonchev–Trinajstić information content (AvgIpc) is 3.96. The number of rotatable bonds is 6. The molecule has 4 aliphatic heterocycles. The van der Waals surface area contributed by atoms with Gasteiger partial charge in [0.1, 0.15) is 47.3 Å². The highest BCUT2D eigenvalue weighted by Crippen LogP contribution is 2.49. The molecule has 55 heavy (non-hydrogen) atoms.